The van der Waals surface area contributed by atoms with Gasteiger partial charge in [0.25, 0.3) is 5.91 Å². The smallest absolute Gasteiger partial charge is 0.274 e. The van der Waals surface area contributed by atoms with Gasteiger partial charge in [0.05, 0.1) is 11.9 Å². The third-order valence-electron chi connectivity index (χ3n) is 4.83. The maximum absolute atomic E-state index is 12.5. The largest absolute Gasteiger partial charge is 0.339 e. The molecule has 0 aromatic carbocycles. The standard InChI is InChI=1S/C17H24N4O2/c1-13-11-19-15(12-18-13)17(23)21-9-7-20(8-10-21)16(22)14-5-3-2-4-6-14/h11-12,14H,2-10H2,1H3. The summed E-state index contributed by atoms with van der Waals surface area (Å²) in [6, 6.07) is 0. The van der Waals surface area contributed by atoms with Gasteiger partial charge in [0, 0.05) is 38.3 Å². The van der Waals surface area contributed by atoms with E-state index in [4.69, 9.17) is 0 Å². The number of aryl methyl sites for hydroxylation is 1. The molecule has 1 saturated carbocycles. The highest BCUT2D eigenvalue weighted by Crippen LogP contribution is 2.25. The Morgan fingerprint density at radius 2 is 1.61 bits per heavy atom. The van der Waals surface area contributed by atoms with Crippen LogP contribution in [-0.2, 0) is 4.79 Å². The van der Waals surface area contributed by atoms with Crippen LogP contribution in [0, 0.1) is 12.8 Å². The van der Waals surface area contributed by atoms with E-state index in [0.29, 0.717) is 31.9 Å². The van der Waals surface area contributed by atoms with E-state index in [-0.39, 0.29) is 17.7 Å². The maximum atomic E-state index is 12.5. The van der Waals surface area contributed by atoms with Gasteiger partial charge in [0.1, 0.15) is 5.69 Å². The van der Waals surface area contributed by atoms with Crippen molar-refractivity contribution in [2.45, 2.75) is 39.0 Å². The van der Waals surface area contributed by atoms with Crippen LogP contribution in [0.4, 0.5) is 0 Å². The molecule has 0 unspecified atom stereocenters. The molecule has 1 aromatic heterocycles. The first-order chi connectivity index (χ1) is 11.1. The van der Waals surface area contributed by atoms with Crippen LogP contribution in [0.3, 0.4) is 0 Å². The van der Waals surface area contributed by atoms with Crippen LogP contribution in [0.2, 0.25) is 0 Å². The predicted octanol–water partition coefficient (Wildman–Crippen LogP) is 1.65. The third-order valence-corrected chi connectivity index (χ3v) is 4.83. The van der Waals surface area contributed by atoms with Crippen molar-refractivity contribution in [3.63, 3.8) is 0 Å². The summed E-state index contributed by atoms with van der Waals surface area (Å²) in [6.45, 7) is 4.25. The van der Waals surface area contributed by atoms with Gasteiger partial charge < -0.3 is 9.80 Å². The number of amides is 2. The second kappa shape index (κ2) is 7.06. The Bertz CT molecular complexity index is 558. The van der Waals surface area contributed by atoms with E-state index in [1.165, 1.54) is 25.5 Å². The SMILES string of the molecule is Cc1cnc(C(=O)N2CCN(C(=O)C3CCCCC3)CC2)cn1. The van der Waals surface area contributed by atoms with Gasteiger partial charge in [-0.15, -0.1) is 0 Å². The minimum Gasteiger partial charge on any atom is -0.339 e. The van der Waals surface area contributed by atoms with Crippen LogP contribution < -0.4 is 0 Å². The summed E-state index contributed by atoms with van der Waals surface area (Å²) in [4.78, 5) is 36.9. The molecule has 0 radical (unpaired) electrons. The first-order valence-electron chi connectivity index (χ1n) is 8.52. The minimum atomic E-state index is -0.0951. The molecule has 124 valence electrons. The third kappa shape index (κ3) is 3.68. The van der Waals surface area contributed by atoms with Crippen molar-refractivity contribution in [3.8, 4) is 0 Å². The molecule has 2 amide bonds. The lowest BCUT2D eigenvalue weighted by atomic mass is 9.88. The molecule has 0 N–H and O–H groups in total. The zero-order chi connectivity index (χ0) is 16.2. The summed E-state index contributed by atoms with van der Waals surface area (Å²) < 4.78 is 0. The van der Waals surface area contributed by atoms with E-state index >= 15 is 0 Å². The van der Waals surface area contributed by atoms with Crippen LogP contribution in [0.1, 0.15) is 48.3 Å². The Labute approximate surface area is 136 Å². The monoisotopic (exact) mass is 316 g/mol. The van der Waals surface area contributed by atoms with Crippen LogP contribution >= 0.6 is 0 Å². The number of rotatable bonds is 2. The summed E-state index contributed by atoms with van der Waals surface area (Å²) in [7, 11) is 0. The molecule has 0 spiro atoms. The maximum Gasteiger partial charge on any atom is 0.274 e. The second-order valence-electron chi connectivity index (χ2n) is 6.50. The van der Waals surface area contributed by atoms with E-state index < -0.39 is 0 Å². The first-order valence-corrected chi connectivity index (χ1v) is 8.52. The fourth-order valence-corrected chi connectivity index (χ4v) is 3.40. The van der Waals surface area contributed by atoms with Gasteiger partial charge in [-0.05, 0) is 19.8 Å². The van der Waals surface area contributed by atoms with Crippen LogP contribution in [0.5, 0.6) is 0 Å². The van der Waals surface area contributed by atoms with Crippen molar-refractivity contribution in [1.82, 2.24) is 19.8 Å². The summed E-state index contributed by atoms with van der Waals surface area (Å²) >= 11 is 0. The molecule has 1 aliphatic heterocycles. The number of hydrogen-bond donors (Lipinski definition) is 0. The van der Waals surface area contributed by atoms with Crippen molar-refractivity contribution in [2.24, 2.45) is 5.92 Å². The van der Waals surface area contributed by atoms with Gasteiger partial charge in [-0.2, -0.15) is 0 Å². The molecular weight excluding hydrogens is 292 g/mol. The number of hydrogen-bond acceptors (Lipinski definition) is 4. The Morgan fingerprint density at radius 3 is 2.22 bits per heavy atom. The Morgan fingerprint density at radius 1 is 0.957 bits per heavy atom. The summed E-state index contributed by atoms with van der Waals surface area (Å²) in [5.74, 6) is 0.392. The predicted molar refractivity (Wildman–Crippen MR) is 85.8 cm³/mol. The van der Waals surface area contributed by atoms with E-state index in [0.717, 1.165) is 18.5 Å². The highest BCUT2D eigenvalue weighted by atomic mass is 16.2. The molecule has 6 heteroatoms. The molecule has 2 fully saturated rings. The summed E-state index contributed by atoms with van der Waals surface area (Å²) in [5, 5.41) is 0. The van der Waals surface area contributed by atoms with Gasteiger partial charge in [-0.1, -0.05) is 19.3 Å². The van der Waals surface area contributed by atoms with E-state index in [1.54, 1.807) is 11.1 Å². The highest BCUT2D eigenvalue weighted by molar-refractivity contribution is 5.92. The van der Waals surface area contributed by atoms with E-state index in [1.807, 2.05) is 11.8 Å². The molecule has 6 nitrogen and oxygen atoms in total. The van der Waals surface area contributed by atoms with Gasteiger partial charge in [0.2, 0.25) is 5.91 Å². The number of carbonyl (C=O) groups excluding carboxylic acids is 2. The average Bonchev–Trinajstić information content (AvgIpc) is 2.62. The second-order valence-corrected chi connectivity index (χ2v) is 6.50. The number of carbonyl (C=O) groups is 2. The molecule has 2 aliphatic rings. The lowest BCUT2D eigenvalue weighted by molar-refractivity contribution is -0.138. The minimum absolute atomic E-state index is 0.0951. The first kappa shape index (κ1) is 15.9. The number of aromatic nitrogens is 2. The van der Waals surface area contributed by atoms with Crippen molar-refractivity contribution < 1.29 is 9.59 Å². The van der Waals surface area contributed by atoms with Crippen molar-refractivity contribution >= 4 is 11.8 Å². The molecule has 0 bridgehead atoms. The average molecular weight is 316 g/mol. The van der Waals surface area contributed by atoms with Gasteiger partial charge in [-0.3, -0.25) is 14.6 Å². The van der Waals surface area contributed by atoms with Crippen LogP contribution in [0.25, 0.3) is 0 Å². The van der Waals surface area contributed by atoms with E-state index in [9.17, 15) is 9.59 Å². The summed E-state index contributed by atoms with van der Waals surface area (Å²) in [6.07, 6.45) is 8.77. The van der Waals surface area contributed by atoms with Crippen molar-refractivity contribution in [1.29, 1.82) is 0 Å². The molecule has 0 atom stereocenters. The fraction of sp³-hybridized carbons (Fsp3) is 0.647. The molecule has 1 saturated heterocycles. The molecular formula is C17H24N4O2. The quantitative estimate of drug-likeness (QED) is 0.832. The number of piperazine rings is 1. The molecule has 3 rings (SSSR count). The van der Waals surface area contributed by atoms with Crippen molar-refractivity contribution in [3.05, 3.63) is 23.8 Å². The van der Waals surface area contributed by atoms with E-state index in [2.05, 4.69) is 9.97 Å². The lowest BCUT2D eigenvalue weighted by Gasteiger charge is -2.37. The van der Waals surface area contributed by atoms with Crippen LogP contribution in [-0.4, -0.2) is 57.8 Å². The molecule has 23 heavy (non-hydrogen) atoms. The van der Waals surface area contributed by atoms with Gasteiger partial charge >= 0.3 is 0 Å². The molecule has 1 aromatic rings. The Hall–Kier alpha value is -1.98. The Kier molecular flexibility index (Phi) is 4.88. The zero-order valence-corrected chi connectivity index (χ0v) is 13.7. The van der Waals surface area contributed by atoms with Gasteiger partial charge in [-0.25, -0.2) is 4.98 Å². The highest BCUT2D eigenvalue weighted by Gasteiger charge is 2.30. The van der Waals surface area contributed by atoms with Crippen molar-refractivity contribution in [2.75, 3.05) is 26.2 Å². The van der Waals surface area contributed by atoms with Crippen LogP contribution in [0.15, 0.2) is 12.4 Å². The normalized spacial score (nSPS) is 19.7. The Balaban J connectivity index is 1.54. The van der Waals surface area contributed by atoms with Gasteiger partial charge in [0.15, 0.2) is 0 Å². The molecule has 1 aliphatic carbocycles. The lowest BCUT2D eigenvalue weighted by Crippen LogP contribution is -2.52. The topological polar surface area (TPSA) is 66.4 Å². The molecule has 2 heterocycles. The zero-order valence-electron chi connectivity index (χ0n) is 13.7. The fourth-order valence-electron chi connectivity index (χ4n) is 3.40. The number of nitrogens with zero attached hydrogens (tertiary/aromatic N) is 4. The summed E-state index contributed by atoms with van der Waals surface area (Å²) in [5.41, 5.74) is 1.17.